The van der Waals surface area contributed by atoms with E-state index in [1.54, 1.807) is 0 Å². The molecule has 1 aliphatic rings. The van der Waals surface area contributed by atoms with Crippen molar-refractivity contribution in [3.8, 4) is 0 Å². The molecule has 0 amide bonds. The highest BCUT2D eigenvalue weighted by atomic mass is 16.5. The van der Waals surface area contributed by atoms with Gasteiger partial charge < -0.3 is 4.74 Å². The van der Waals surface area contributed by atoms with Gasteiger partial charge in [0.2, 0.25) is 0 Å². The molecule has 1 aliphatic carbocycles. The Morgan fingerprint density at radius 3 is 3.06 bits per heavy atom. The quantitative estimate of drug-likeness (QED) is 0.768. The molecule has 1 atom stereocenters. The summed E-state index contributed by atoms with van der Waals surface area (Å²) in [5.41, 5.74) is 3.28. The largest absolute Gasteiger partial charge is 0.469 e. The van der Waals surface area contributed by atoms with Gasteiger partial charge in [-0.3, -0.25) is 9.78 Å². The number of ether oxygens (including phenoxy) is 1. The number of rotatable bonds is 4. The van der Waals surface area contributed by atoms with Gasteiger partial charge in [0.1, 0.15) is 0 Å². The lowest BCUT2D eigenvalue weighted by atomic mass is 9.86. The molecule has 3 heteroatoms. The van der Waals surface area contributed by atoms with Crippen molar-refractivity contribution in [2.75, 3.05) is 7.11 Å². The van der Waals surface area contributed by atoms with Gasteiger partial charge >= 0.3 is 5.97 Å². The van der Waals surface area contributed by atoms with Gasteiger partial charge in [-0.25, -0.2) is 0 Å². The molecule has 1 heterocycles. The summed E-state index contributed by atoms with van der Waals surface area (Å²) in [7, 11) is 1.46. The molecule has 1 unspecified atom stereocenters. The van der Waals surface area contributed by atoms with Gasteiger partial charge in [0.25, 0.3) is 0 Å². The third-order valence-corrected chi connectivity index (χ3v) is 3.61. The number of methoxy groups -OCH3 is 1. The van der Waals surface area contributed by atoms with E-state index in [4.69, 9.17) is 9.72 Å². The van der Waals surface area contributed by atoms with Crippen molar-refractivity contribution < 1.29 is 9.53 Å². The van der Waals surface area contributed by atoms with E-state index in [9.17, 15) is 4.79 Å². The molecule has 0 fully saturated rings. The second-order valence-electron chi connectivity index (χ2n) is 4.92. The van der Waals surface area contributed by atoms with Crippen LogP contribution in [0.15, 0.2) is 12.1 Å². The van der Waals surface area contributed by atoms with Crippen LogP contribution in [0, 0.1) is 0 Å². The molecular formula is C15H21NO2. The molecule has 1 aromatic heterocycles. The first-order chi connectivity index (χ1) is 8.76. The van der Waals surface area contributed by atoms with Crippen molar-refractivity contribution in [3.63, 3.8) is 0 Å². The summed E-state index contributed by atoms with van der Waals surface area (Å²) in [5.74, 6) is -0.295. The number of aryl methyl sites for hydroxylation is 2. The van der Waals surface area contributed by atoms with Crippen molar-refractivity contribution in [3.05, 3.63) is 29.1 Å². The van der Waals surface area contributed by atoms with Crippen LogP contribution in [-0.4, -0.2) is 18.1 Å². The molecule has 0 saturated carbocycles. The number of carbonyl (C=O) groups excluding carboxylic acids is 1. The number of aromatic nitrogens is 1. The summed E-state index contributed by atoms with van der Waals surface area (Å²) in [5, 5.41) is 0. The minimum Gasteiger partial charge on any atom is -0.469 e. The zero-order valence-corrected chi connectivity index (χ0v) is 11.2. The van der Waals surface area contributed by atoms with E-state index in [1.165, 1.54) is 19.1 Å². The standard InChI is InChI=1S/C15H21NO2/c1-3-4-7-12-10-9-11-6-5-8-13(14(11)16-12)15(17)18-2/h9-10,13H,3-8H2,1-2H3. The number of carbonyl (C=O) groups is 1. The van der Waals surface area contributed by atoms with Crippen molar-refractivity contribution in [1.82, 2.24) is 4.98 Å². The van der Waals surface area contributed by atoms with Gasteiger partial charge in [-0.2, -0.15) is 0 Å². The second-order valence-corrected chi connectivity index (χ2v) is 4.92. The number of fused-ring (bicyclic) bond motifs is 1. The maximum absolute atomic E-state index is 11.8. The number of esters is 1. The molecule has 0 N–H and O–H groups in total. The minimum absolute atomic E-state index is 0.143. The third kappa shape index (κ3) is 2.71. The van der Waals surface area contributed by atoms with E-state index in [1.807, 2.05) is 0 Å². The summed E-state index contributed by atoms with van der Waals surface area (Å²) < 4.78 is 4.89. The van der Waals surface area contributed by atoms with Gasteiger partial charge in [-0.1, -0.05) is 19.4 Å². The number of unbranched alkanes of at least 4 members (excludes halogenated alkanes) is 1. The van der Waals surface area contributed by atoms with Crippen molar-refractivity contribution in [2.45, 2.75) is 51.4 Å². The van der Waals surface area contributed by atoms with Crippen LogP contribution in [0.2, 0.25) is 0 Å². The Hall–Kier alpha value is -1.38. The molecule has 0 bridgehead atoms. The Balaban J connectivity index is 2.26. The monoisotopic (exact) mass is 247 g/mol. The molecule has 0 saturated heterocycles. The average molecular weight is 247 g/mol. The molecule has 1 aromatic rings. The zero-order valence-electron chi connectivity index (χ0n) is 11.2. The first kappa shape index (κ1) is 13.1. The van der Waals surface area contributed by atoms with Gasteiger partial charge in [0, 0.05) is 5.69 Å². The Kier molecular flexibility index (Phi) is 4.34. The third-order valence-electron chi connectivity index (χ3n) is 3.61. The Morgan fingerprint density at radius 1 is 1.50 bits per heavy atom. The van der Waals surface area contributed by atoms with Gasteiger partial charge in [-0.05, 0) is 43.7 Å². The fourth-order valence-corrected chi connectivity index (χ4v) is 2.56. The average Bonchev–Trinajstić information content (AvgIpc) is 2.43. The molecule has 0 spiro atoms. The number of hydrogen-bond donors (Lipinski definition) is 0. The molecule has 2 rings (SSSR count). The van der Waals surface area contributed by atoms with E-state index in [2.05, 4.69) is 19.1 Å². The van der Waals surface area contributed by atoms with E-state index in [0.717, 1.165) is 43.5 Å². The SMILES string of the molecule is CCCCc1ccc2c(n1)C(C(=O)OC)CCC2. The highest BCUT2D eigenvalue weighted by Crippen LogP contribution is 2.31. The fraction of sp³-hybridized carbons (Fsp3) is 0.600. The normalized spacial score (nSPS) is 18.2. The van der Waals surface area contributed by atoms with Crippen LogP contribution < -0.4 is 0 Å². The molecule has 98 valence electrons. The van der Waals surface area contributed by atoms with Crippen molar-refractivity contribution in [2.24, 2.45) is 0 Å². The lowest BCUT2D eigenvalue weighted by Gasteiger charge is -2.23. The smallest absolute Gasteiger partial charge is 0.314 e. The summed E-state index contributed by atoms with van der Waals surface area (Å²) in [6.45, 7) is 2.18. The molecule has 18 heavy (non-hydrogen) atoms. The summed E-state index contributed by atoms with van der Waals surface area (Å²) in [6.07, 6.45) is 6.25. The summed E-state index contributed by atoms with van der Waals surface area (Å²) in [6, 6.07) is 4.25. The Bertz CT molecular complexity index is 429. The topological polar surface area (TPSA) is 39.2 Å². The predicted molar refractivity (Wildman–Crippen MR) is 70.5 cm³/mol. The van der Waals surface area contributed by atoms with E-state index in [0.29, 0.717) is 0 Å². The van der Waals surface area contributed by atoms with E-state index < -0.39 is 0 Å². The van der Waals surface area contributed by atoms with Crippen molar-refractivity contribution >= 4 is 5.97 Å². The lowest BCUT2D eigenvalue weighted by molar-refractivity contribution is -0.142. The lowest BCUT2D eigenvalue weighted by Crippen LogP contribution is -2.21. The van der Waals surface area contributed by atoms with Crippen LogP contribution in [0.5, 0.6) is 0 Å². The summed E-state index contributed by atoms with van der Waals surface area (Å²) >= 11 is 0. The maximum Gasteiger partial charge on any atom is 0.314 e. The summed E-state index contributed by atoms with van der Waals surface area (Å²) in [4.78, 5) is 16.5. The number of nitrogens with zero attached hydrogens (tertiary/aromatic N) is 1. The Labute approximate surface area is 109 Å². The molecule has 0 aromatic carbocycles. The molecule has 0 radical (unpaired) electrons. The Morgan fingerprint density at radius 2 is 2.33 bits per heavy atom. The highest BCUT2D eigenvalue weighted by molar-refractivity contribution is 5.78. The van der Waals surface area contributed by atoms with Gasteiger partial charge in [0.15, 0.2) is 0 Å². The first-order valence-corrected chi connectivity index (χ1v) is 6.82. The van der Waals surface area contributed by atoms with E-state index in [-0.39, 0.29) is 11.9 Å². The second kappa shape index (κ2) is 5.98. The van der Waals surface area contributed by atoms with Crippen LogP contribution in [-0.2, 0) is 22.4 Å². The van der Waals surface area contributed by atoms with Crippen LogP contribution in [0.4, 0.5) is 0 Å². The zero-order chi connectivity index (χ0) is 13.0. The maximum atomic E-state index is 11.8. The van der Waals surface area contributed by atoms with E-state index >= 15 is 0 Å². The van der Waals surface area contributed by atoms with Gasteiger partial charge in [0.05, 0.1) is 18.7 Å². The predicted octanol–water partition coefficient (Wildman–Crippen LogP) is 3.02. The molecule has 3 nitrogen and oxygen atoms in total. The fourth-order valence-electron chi connectivity index (χ4n) is 2.56. The highest BCUT2D eigenvalue weighted by Gasteiger charge is 2.28. The first-order valence-electron chi connectivity index (χ1n) is 6.82. The van der Waals surface area contributed by atoms with Crippen LogP contribution >= 0.6 is 0 Å². The molecule has 0 aliphatic heterocycles. The van der Waals surface area contributed by atoms with Crippen LogP contribution in [0.1, 0.15) is 55.5 Å². The minimum atomic E-state index is -0.152. The van der Waals surface area contributed by atoms with Crippen molar-refractivity contribution in [1.29, 1.82) is 0 Å². The number of hydrogen-bond acceptors (Lipinski definition) is 3. The van der Waals surface area contributed by atoms with Crippen LogP contribution in [0.25, 0.3) is 0 Å². The number of pyridine rings is 1. The molecular weight excluding hydrogens is 226 g/mol. The van der Waals surface area contributed by atoms with Crippen LogP contribution in [0.3, 0.4) is 0 Å². The van der Waals surface area contributed by atoms with Gasteiger partial charge in [-0.15, -0.1) is 0 Å².